The van der Waals surface area contributed by atoms with E-state index in [9.17, 15) is 4.79 Å². The molecule has 2 rings (SSSR count). The molecule has 108 valence electrons. The number of nitrogens with zero attached hydrogens (tertiary/aromatic N) is 3. The highest BCUT2D eigenvalue weighted by Gasteiger charge is 2.14. The van der Waals surface area contributed by atoms with Gasteiger partial charge in [0.1, 0.15) is 16.5 Å². The second kappa shape index (κ2) is 6.15. The molecule has 0 spiro atoms. The zero-order valence-electron chi connectivity index (χ0n) is 11.7. The maximum absolute atomic E-state index is 11.1. The molecule has 20 heavy (non-hydrogen) atoms. The Morgan fingerprint density at radius 2 is 2.20 bits per heavy atom. The van der Waals surface area contributed by atoms with Crippen LogP contribution in [0.25, 0.3) is 10.2 Å². The Bertz CT molecular complexity index is 610. The monoisotopic (exact) mass is 293 g/mol. The van der Waals surface area contributed by atoms with E-state index in [1.165, 1.54) is 11.3 Å². The van der Waals surface area contributed by atoms with Crippen LogP contribution in [0.2, 0.25) is 0 Å². The van der Waals surface area contributed by atoms with Gasteiger partial charge in [0.15, 0.2) is 0 Å². The number of fused-ring (bicyclic) bond motifs is 1. The number of carbonyl (C=O) groups excluding carboxylic acids is 1. The summed E-state index contributed by atoms with van der Waals surface area (Å²) in [6.45, 7) is 5.61. The summed E-state index contributed by atoms with van der Waals surface area (Å²) >= 11 is 1.53. The summed E-state index contributed by atoms with van der Waals surface area (Å²) in [6.07, 6.45) is 0. The molecule has 4 N–H and O–H groups in total. The number of aromatic nitrogens is 2. The van der Waals surface area contributed by atoms with Gasteiger partial charge < -0.3 is 11.5 Å². The fourth-order valence-corrected chi connectivity index (χ4v) is 2.91. The van der Waals surface area contributed by atoms with Crippen LogP contribution in [0, 0.1) is 5.92 Å². The molecule has 0 saturated carbocycles. The van der Waals surface area contributed by atoms with Gasteiger partial charge in [-0.25, -0.2) is 9.97 Å². The molecule has 1 amide bonds. The second-order valence-electron chi connectivity index (χ2n) is 5.19. The summed E-state index contributed by atoms with van der Waals surface area (Å²) in [6, 6.07) is 1.91. The van der Waals surface area contributed by atoms with E-state index in [2.05, 4.69) is 23.8 Å². The summed E-state index contributed by atoms with van der Waals surface area (Å²) in [5.41, 5.74) is 11.2. The molecular formula is C13H19N5OS. The zero-order valence-corrected chi connectivity index (χ0v) is 12.5. The van der Waals surface area contributed by atoms with E-state index in [1.54, 1.807) is 0 Å². The first-order valence-corrected chi connectivity index (χ1v) is 7.34. The van der Waals surface area contributed by atoms with Crippen LogP contribution in [0.4, 0.5) is 5.82 Å². The molecule has 0 radical (unpaired) electrons. The van der Waals surface area contributed by atoms with Crippen LogP contribution >= 0.6 is 11.3 Å². The lowest BCUT2D eigenvalue weighted by Crippen LogP contribution is -2.36. The van der Waals surface area contributed by atoms with Gasteiger partial charge in [0.05, 0.1) is 18.5 Å². The fourth-order valence-electron chi connectivity index (χ4n) is 2.12. The minimum Gasteiger partial charge on any atom is -0.383 e. The van der Waals surface area contributed by atoms with Crippen molar-refractivity contribution in [3.63, 3.8) is 0 Å². The molecule has 6 nitrogen and oxygen atoms in total. The van der Waals surface area contributed by atoms with Gasteiger partial charge >= 0.3 is 0 Å². The molecule has 2 aromatic heterocycles. The van der Waals surface area contributed by atoms with Gasteiger partial charge in [0, 0.05) is 6.54 Å². The van der Waals surface area contributed by atoms with Crippen molar-refractivity contribution in [2.45, 2.75) is 20.4 Å². The quantitative estimate of drug-likeness (QED) is 0.834. The van der Waals surface area contributed by atoms with Crippen LogP contribution < -0.4 is 11.5 Å². The van der Waals surface area contributed by atoms with Crippen LogP contribution in [0.1, 0.15) is 19.7 Å². The number of hydrogen-bond acceptors (Lipinski definition) is 6. The van der Waals surface area contributed by atoms with Crippen molar-refractivity contribution >= 4 is 33.3 Å². The van der Waals surface area contributed by atoms with Gasteiger partial charge in [-0.3, -0.25) is 9.69 Å². The summed E-state index contributed by atoms with van der Waals surface area (Å²) in [5.74, 6) is 1.18. The number of hydrogen-bond donors (Lipinski definition) is 2. The molecule has 0 bridgehead atoms. The van der Waals surface area contributed by atoms with Crippen LogP contribution in [-0.4, -0.2) is 33.9 Å². The standard InChI is InChI=1S/C13H19N5OS/c1-8(2)5-18(6-10(14)19)7-11-16-12(15)9-3-4-20-13(9)17-11/h3-4,8H,5-7H2,1-2H3,(H2,14,19)(H2,15,16,17). The molecule has 0 saturated heterocycles. The lowest BCUT2D eigenvalue weighted by Gasteiger charge is -2.21. The highest BCUT2D eigenvalue weighted by molar-refractivity contribution is 7.16. The summed E-state index contributed by atoms with van der Waals surface area (Å²) < 4.78 is 0. The van der Waals surface area contributed by atoms with Crippen molar-refractivity contribution in [3.8, 4) is 0 Å². The van der Waals surface area contributed by atoms with Gasteiger partial charge in [-0.15, -0.1) is 11.3 Å². The molecular weight excluding hydrogens is 274 g/mol. The minimum absolute atomic E-state index is 0.198. The van der Waals surface area contributed by atoms with E-state index in [0.29, 0.717) is 24.1 Å². The number of amides is 1. The summed E-state index contributed by atoms with van der Waals surface area (Å²) in [7, 11) is 0. The largest absolute Gasteiger partial charge is 0.383 e. The van der Waals surface area contributed by atoms with Crippen LogP contribution in [0.3, 0.4) is 0 Å². The average molecular weight is 293 g/mol. The zero-order chi connectivity index (χ0) is 14.7. The SMILES string of the molecule is CC(C)CN(CC(N)=O)Cc1nc(N)c2ccsc2n1. The highest BCUT2D eigenvalue weighted by atomic mass is 32.1. The van der Waals surface area contributed by atoms with E-state index in [4.69, 9.17) is 11.5 Å². The highest BCUT2D eigenvalue weighted by Crippen LogP contribution is 2.23. The van der Waals surface area contributed by atoms with Crippen molar-refractivity contribution in [2.24, 2.45) is 11.7 Å². The third-order valence-electron chi connectivity index (χ3n) is 2.77. The summed E-state index contributed by atoms with van der Waals surface area (Å²) in [5, 5.41) is 2.82. The van der Waals surface area contributed by atoms with Crippen molar-refractivity contribution in [3.05, 3.63) is 17.3 Å². The van der Waals surface area contributed by atoms with E-state index in [0.717, 1.165) is 16.8 Å². The van der Waals surface area contributed by atoms with Gasteiger partial charge in [-0.2, -0.15) is 0 Å². The minimum atomic E-state index is -0.351. The van der Waals surface area contributed by atoms with Crippen LogP contribution in [-0.2, 0) is 11.3 Å². The Kier molecular flexibility index (Phi) is 4.51. The lowest BCUT2D eigenvalue weighted by atomic mass is 10.2. The van der Waals surface area contributed by atoms with Crippen molar-refractivity contribution < 1.29 is 4.79 Å². The van der Waals surface area contributed by atoms with Gasteiger partial charge in [-0.05, 0) is 17.4 Å². The van der Waals surface area contributed by atoms with E-state index in [1.807, 2.05) is 16.3 Å². The first-order chi connectivity index (χ1) is 9.45. The maximum Gasteiger partial charge on any atom is 0.231 e. The molecule has 0 aliphatic heterocycles. The lowest BCUT2D eigenvalue weighted by molar-refractivity contribution is -0.119. The molecule has 0 aliphatic rings. The first kappa shape index (κ1) is 14.7. The molecule has 2 heterocycles. The summed E-state index contributed by atoms with van der Waals surface area (Å²) in [4.78, 5) is 22.7. The Balaban J connectivity index is 2.20. The molecule has 7 heteroatoms. The third-order valence-corrected chi connectivity index (χ3v) is 3.58. The van der Waals surface area contributed by atoms with E-state index >= 15 is 0 Å². The van der Waals surface area contributed by atoms with E-state index < -0.39 is 0 Å². The van der Waals surface area contributed by atoms with Crippen molar-refractivity contribution in [1.82, 2.24) is 14.9 Å². The second-order valence-corrected chi connectivity index (χ2v) is 6.09. The van der Waals surface area contributed by atoms with Crippen LogP contribution in [0.15, 0.2) is 11.4 Å². The van der Waals surface area contributed by atoms with Gasteiger partial charge in [0.2, 0.25) is 5.91 Å². The Morgan fingerprint density at radius 3 is 2.85 bits per heavy atom. The predicted molar refractivity (Wildman–Crippen MR) is 81.1 cm³/mol. The fraction of sp³-hybridized carbons (Fsp3) is 0.462. The van der Waals surface area contributed by atoms with Crippen molar-refractivity contribution in [2.75, 3.05) is 18.8 Å². The molecule has 0 unspecified atom stereocenters. The third kappa shape index (κ3) is 3.64. The number of nitrogen functional groups attached to an aromatic ring is 1. The Morgan fingerprint density at radius 1 is 1.45 bits per heavy atom. The van der Waals surface area contributed by atoms with Crippen LogP contribution in [0.5, 0.6) is 0 Å². The molecule has 0 atom stereocenters. The predicted octanol–water partition coefficient (Wildman–Crippen LogP) is 1.22. The molecule has 0 aliphatic carbocycles. The number of anilines is 1. The topological polar surface area (TPSA) is 98.1 Å². The first-order valence-electron chi connectivity index (χ1n) is 6.46. The number of rotatable bonds is 6. The average Bonchev–Trinajstić information content (AvgIpc) is 2.75. The van der Waals surface area contributed by atoms with E-state index in [-0.39, 0.29) is 12.5 Å². The Hall–Kier alpha value is -1.73. The number of thiophene rings is 1. The smallest absolute Gasteiger partial charge is 0.231 e. The molecule has 0 aromatic carbocycles. The van der Waals surface area contributed by atoms with Gasteiger partial charge in [0.25, 0.3) is 0 Å². The number of carbonyl (C=O) groups is 1. The molecule has 2 aromatic rings. The molecule has 0 fully saturated rings. The number of nitrogens with two attached hydrogens (primary N) is 2. The Labute approximate surface area is 121 Å². The number of primary amides is 1. The van der Waals surface area contributed by atoms with Gasteiger partial charge in [-0.1, -0.05) is 13.8 Å². The van der Waals surface area contributed by atoms with Crippen molar-refractivity contribution in [1.29, 1.82) is 0 Å². The normalized spacial score (nSPS) is 11.6. The maximum atomic E-state index is 11.1.